The van der Waals surface area contributed by atoms with Gasteiger partial charge in [0.05, 0.1) is 40.0 Å². The van der Waals surface area contributed by atoms with Gasteiger partial charge in [0, 0.05) is 81.1 Å². The summed E-state index contributed by atoms with van der Waals surface area (Å²) < 4.78 is 21.8. The molecule has 15 heteroatoms. The summed E-state index contributed by atoms with van der Waals surface area (Å²) in [7, 11) is 0. The van der Waals surface area contributed by atoms with Crippen molar-refractivity contribution < 1.29 is 33.4 Å². The van der Waals surface area contributed by atoms with Crippen LogP contribution in [0.5, 0.6) is 5.75 Å². The van der Waals surface area contributed by atoms with Crippen LogP contribution < -0.4 is 25.2 Å². The molecule has 3 aromatic carbocycles. The predicted octanol–water partition coefficient (Wildman–Crippen LogP) is 4.60. The maximum absolute atomic E-state index is 15.5. The van der Waals surface area contributed by atoms with Gasteiger partial charge in [-0.05, 0) is 112 Å². The van der Waals surface area contributed by atoms with Crippen LogP contribution in [0.25, 0.3) is 10.9 Å². The van der Waals surface area contributed by atoms with E-state index in [0.717, 1.165) is 99.0 Å². The highest BCUT2D eigenvalue weighted by Crippen LogP contribution is 2.35. The average Bonchev–Trinajstić information content (AvgIpc) is 3.51. The summed E-state index contributed by atoms with van der Waals surface area (Å²) in [6, 6.07) is 19.2. The molecule has 4 aromatic rings. The second-order valence-electron chi connectivity index (χ2n) is 16.9. The van der Waals surface area contributed by atoms with Gasteiger partial charge in [-0.1, -0.05) is 0 Å². The second-order valence-corrected chi connectivity index (χ2v) is 16.9. The Bertz CT molecular complexity index is 2380. The number of aromatic nitrogens is 1. The average molecular weight is 829 g/mol. The molecule has 2 atom stereocenters. The van der Waals surface area contributed by atoms with E-state index in [9.17, 15) is 29.5 Å². The van der Waals surface area contributed by atoms with E-state index in [4.69, 9.17) is 4.74 Å². The van der Waals surface area contributed by atoms with E-state index in [1.165, 1.54) is 6.07 Å². The predicted molar refractivity (Wildman–Crippen MR) is 225 cm³/mol. The van der Waals surface area contributed by atoms with Crippen LogP contribution in [-0.2, 0) is 4.79 Å². The van der Waals surface area contributed by atoms with Crippen molar-refractivity contribution in [2.75, 3.05) is 55.6 Å². The molecule has 1 saturated carbocycles. The maximum Gasteiger partial charge on any atom is 0.262 e. The highest BCUT2D eigenvalue weighted by molar-refractivity contribution is 6.22. The Labute approximate surface area is 353 Å². The van der Waals surface area contributed by atoms with Crippen molar-refractivity contribution in [3.63, 3.8) is 0 Å². The van der Waals surface area contributed by atoms with Crippen LogP contribution in [0.3, 0.4) is 0 Å². The van der Waals surface area contributed by atoms with E-state index in [0.29, 0.717) is 35.7 Å². The molecule has 4 aliphatic heterocycles. The number of carbonyl (C=O) groups excluding carboxylic acids is 4. The minimum atomic E-state index is -1.37. The number of piperidine rings is 2. The number of carbonyl (C=O) groups is 4. The standard InChI is InChI=1S/C46H49FN8O6/c47-37-24-35-36(46(60)55(45(35)59)38-12-14-41(56)51-44(38)58)25-39(37)54-22-20-52(21-23-54)27-28-15-18-53(19-16-28)32-8-3-29(4-9-32)43(57)50-31-6-10-33(11-7-31)61-40-13-5-30(26-48)42-34(40)2-1-17-49-42/h1-5,8-9,13,17,24-25,28,31,33,38,44,58H,6-7,10-12,14-16,18-23,27H2,(H,50,57)(H,51,56). The molecule has 3 saturated heterocycles. The zero-order chi connectivity index (χ0) is 42.2. The molecule has 5 heterocycles. The molecule has 61 heavy (non-hydrogen) atoms. The summed E-state index contributed by atoms with van der Waals surface area (Å²) in [5.41, 5.74) is 3.30. The smallest absolute Gasteiger partial charge is 0.262 e. The molecular weight excluding hydrogens is 780 g/mol. The Kier molecular flexibility index (Phi) is 11.3. The molecule has 5 aliphatic rings. The van der Waals surface area contributed by atoms with Crippen LogP contribution in [0.1, 0.15) is 88.0 Å². The minimum absolute atomic E-state index is 0.0205. The van der Waals surface area contributed by atoms with Crippen LogP contribution >= 0.6 is 0 Å². The van der Waals surface area contributed by atoms with Gasteiger partial charge in [-0.3, -0.25) is 34.0 Å². The van der Waals surface area contributed by atoms with Crippen LogP contribution in [0, 0.1) is 23.1 Å². The van der Waals surface area contributed by atoms with Crippen molar-refractivity contribution in [3.8, 4) is 11.8 Å². The van der Waals surface area contributed by atoms with Gasteiger partial charge in [-0.15, -0.1) is 0 Å². The first-order chi connectivity index (χ1) is 29.6. The molecule has 1 aromatic heterocycles. The number of piperazine rings is 1. The number of anilines is 2. The summed E-state index contributed by atoms with van der Waals surface area (Å²) >= 11 is 0. The van der Waals surface area contributed by atoms with Crippen molar-refractivity contribution in [2.45, 2.75) is 75.8 Å². The van der Waals surface area contributed by atoms with Crippen molar-refractivity contribution in [1.29, 1.82) is 5.26 Å². The first kappa shape index (κ1) is 40.3. The van der Waals surface area contributed by atoms with E-state index in [-0.39, 0.29) is 53.6 Å². The molecule has 4 amide bonds. The lowest BCUT2D eigenvalue weighted by Crippen LogP contribution is -2.57. The molecule has 1 aliphatic carbocycles. The van der Waals surface area contributed by atoms with Gasteiger partial charge in [0.15, 0.2) is 0 Å². The lowest BCUT2D eigenvalue weighted by Gasteiger charge is -2.40. The van der Waals surface area contributed by atoms with Gasteiger partial charge in [0.25, 0.3) is 17.7 Å². The Morgan fingerprint density at radius 2 is 1.61 bits per heavy atom. The monoisotopic (exact) mass is 828 g/mol. The molecule has 9 rings (SSSR count). The zero-order valence-electron chi connectivity index (χ0n) is 33.9. The molecular formula is C46H49FN8O6. The first-order valence-electron chi connectivity index (χ1n) is 21.4. The van der Waals surface area contributed by atoms with Gasteiger partial charge in [0.1, 0.15) is 23.9 Å². The molecule has 14 nitrogen and oxygen atoms in total. The van der Waals surface area contributed by atoms with Crippen molar-refractivity contribution in [3.05, 3.63) is 94.9 Å². The van der Waals surface area contributed by atoms with Crippen molar-refractivity contribution >= 4 is 45.9 Å². The van der Waals surface area contributed by atoms with E-state index in [2.05, 4.69) is 31.5 Å². The van der Waals surface area contributed by atoms with Crippen LogP contribution in [0.2, 0.25) is 0 Å². The number of amides is 4. The summed E-state index contributed by atoms with van der Waals surface area (Å²) in [5, 5.41) is 26.3. The number of hydrogen-bond donors (Lipinski definition) is 3. The normalized spacial score (nSPS) is 23.8. The number of hydrogen-bond acceptors (Lipinski definition) is 11. The molecule has 4 fully saturated rings. The molecule has 0 bridgehead atoms. The number of halogens is 1. The van der Waals surface area contributed by atoms with Crippen LogP contribution in [-0.4, -0.2) is 114 Å². The fraction of sp³-hybridized carbons (Fsp3) is 0.435. The van der Waals surface area contributed by atoms with E-state index in [1.54, 1.807) is 12.3 Å². The number of ether oxygens (including phenoxy) is 1. The summed E-state index contributed by atoms with van der Waals surface area (Å²) in [4.78, 5) is 63.5. The van der Waals surface area contributed by atoms with Crippen molar-refractivity contribution in [2.24, 2.45) is 5.92 Å². The molecule has 0 radical (unpaired) electrons. The lowest BCUT2D eigenvalue weighted by molar-refractivity contribution is -0.129. The number of benzene rings is 3. The van der Waals surface area contributed by atoms with Gasteiger partial charge >= 0.3 is 0 Å². The van der Waals surface area contributed by atoms with Gasteiger partial charge in [-0.2, -0.15) is 5.26 Å². The zero-order valence-corrected chi connectivity index (χ0v) is 33.9. The quantitative estimate of drug-likeness (QED) is 0.202. The second kappa shape index (κ2) is 17.1. The summed E-state index contributed by atoms with van der Waals surface area (Å²) in [6.07, 6.45) is 5.92. The summed E-state index contributed by atoms with van der Waals surface area (Å²) in [5.74, 6) is -0.967. The number of aliphatic hydroxyl groups excluding tert-OH is 1. The van der Waals surface area contributed by atoms with Gasteiger partial charge in [-0.25, -0.2) is 4.39 Å². The van der Waals surface area contributed by atoms with E-state index in [1.807, 2.05) is 47.4 Å². The Morgan fingerprint density at radius 3 is 2.31 bits per heavy atom. The number of nitrogens with zero attached hydrogens (tertiary/aromatic N) is 6. The number of aliphatic hydroxyl groups is 1. The van der Waals surface area contributed by atoms with Crippen LogP contribution in [0.15, 0.2) is 66.9 Å². The number of nitrogens with one attached hydrogen (secondary N) is 2. The van der Waals surface area contributed by atoms with Crippen LogP contribution in [0.4, 0.5) is 15.8 Å². The van der Waals surface area contributed by atoms with E-state index >= 15 is 4.39 Å². The third kappa shape index (κ3) is 8.22. The minimum Gasteiger partial charge on any atom is -0.490 e. The molecule has 2 unspecified atom stereocenters. The third-order valence-corrected chi connectivity index (χ3v) is 13.1. The highest BCUT2D eigenvalue weighted by Gasteiger charge is 2.45. The Hall–Kier alpha value is -6.11. The molecule has 316 valence electrons. The maximum atomic E-state index is 15.5. The fourth-order valence-electron chi connectivity index (χ4n) is 9.70. The number of rotatable bonds is 9. The number of nitriles is 1. The Morgan fingerprint density at radius 1 is 0.885 bits per heavy atom. The summed E-state index contributed by atoms with van der Waals surface area (Å²) in [6.45, 7) is 5.45. The van der Waals surface area contributed by atoms with Gasteiger partial charge in [0.2, 0.25) is 5.91 Å². The SMILES string of the molecule is N#Cc1ccc(OC2CCC(NC(=O)c3ccc(N4CCC(CN5CCN(c6cc7c(cc6F)C(=O)N(C6CCC(=O)NC6O)C7=O)CC5)CC4)cc3)CC2)c2cccnc12. The van der Waals surface area contributed by atoms with Crippen molar-refractivity contribution in [1.82, 2.24) is 25.4 Å². The number of fused-ring (bicyclic) bond motifs is 2. The topological polar surface area (TPSA) is 171 Å². The molecule has 3 N–H and O–H groups in total. The highest BCUT2D eigenvalue weighted by atomic mass is 19.1. The largest absolute Gasteiger partial charge is 0.490 e. The Balaban J connectivity index is 0.709. The number of pyridine rings is 1. The fourth-order valence-corrected chi connectivity index (χ4v) is 9.70. The van der Waals surface area contributed by atoms with Gasteiger partial charge < -0.3 is 30.3 Å². The van der Waals surface area contributed by atoms with E-state index < -0.39 is 29.9 Å². The number of imide groups is 1. The first-order valence-corrected chi connectivity index (χ1v) is 21.4. The molecule has 0 spiro atoms. The third-order valence-electron chi connectivity index (χ3n) is 13.1. The lowest BCUT2D eigenvalue weighted by atomic mass is 9.92.